The predicted octanol–water partition coefficient (Wildman–Crippen LogP) is 2.56. The Morgan fingerprint density at radius 3 is 2.22 bits per heavy atom. The molecule has 1 heterocycles. The fraction of sp³-hybridized carbons (Fsp3) is 0.571. The molecule has 0 radical (unpaired) electrons. The molecule has 1 aliphatic rings. The lowest BCUT2D eigenvalue weighted by molar-refractivity contribution is -0.140. The number of nitrogens with zero attached hydrogens (tertiary/aromatic N) is 2. The highest BCUT2D eigenvalue weighted by atomic mass is 32.2. The van der Waals surface area contributed by atoms with Gasteiger partial charge < -0.3 is 4.90 Å². The molecule has 0 saturated carbocycles. The first-order valence-corrected chi connectivity index (χ1v) is 8.51. The van der Waals surface area contributed by atoms with E-state index in [0.717, 1.165) is 10.4 Å². The Hall–Kier alpha value is -1.19. The number of hydrogen-bond acceptors (Lipinski definition) is 3. The summed E-state index contributed by atoms with van der Waals surface area (Å²) in [5.41, 5.74) is -1.57. The van der Waals surface area contributed by atoms with E-state index in [-0.39, 0.29) is 19.1 Å². The Bertz CT molecular complexity index is 666. The SMILES string of the molecule is CN(C)C1CCN(S(=O)(=O)c2ccc(F)c(C(F)(F)F)c2)CC1. The summed E-state index contributed by atoms with van der Waals surface area (Å²) in [7, 11) is -0.276. The summed E-state index contributed by atoms with van der Waals surface area (Å²) >= 11 is 0. The molecule has 0 atom stereocenters. The molecule has 0 N–H and O–H groups in total. The lowest BCUT2D eigenvalue weighted by Gasteiger charge is -2.34. The van der Waals surface area contributed by atoms with Gasteiger partial charge in [-0.25, -0.2) is 12.8 Å². The van der Waals surface area contributed by atoms with E-state index in [1.807, 2.05) is 19.0 Å². The summed E-state index contributed by atoms with van der Waals surface area (Å²) in [5.74, 6) is -1.48. The fourth-order valence-electron chi connectivity index (χ4n) is 2.63. The van der Waals surface area contributed by atoms with Crippen molar-refractivity contribution in [2.75, 3.05) is 27.2 Å². The minimum absolute atomic E-state index is 0.226. The molecule has 1 aromatic rings. The monoisotopic (exact) mass is 354 g/mol. The maximum atomic E-state index is 13.3. The van der Waals surface area contributed by atoms with E-state index in [0.29, 0.717) is 25.0 Å². The highest BCUT2D eigenvalue weighted by Gasteiger charge is 2.37. The Morgan fingerprint density at radius 1 is 1.17 bits per heavy atom. The predicted molar refractivity (Wildman–Crippen MR) is 76.9 cm³/mol. The molecule has 1 aromatic carbocycles. The van der Waals surface area contributed by atoms with Crippen molar-refractivity contribution in [1.82, 2.24) is 9.21 Å². The zero-order valence-corrected chi connectivity index (χ0v) is 13.6. The van der Waals surface area contributed by atoms with Crippen LogP contribution in [0.2, 0.25) is 0 Å². The number of halogens is 4. The van der Waals surface area contributed by atoms with Crippen LogP contribution < -0.4 is 0 Å². The Labute approximate surface area is 132 Å². The molecular weight excluding hydrogens is 336 g/mol. The second kappa shape index (κ2) is 6.37. The van der Waals surface area contributed by atoms with Gasteiger partial charge in [0.15, 0.2) is 0 Å². The van der Waals surface area contributed by atoms with Crippen molar-refractivity contribution in [3.63, 3.8) is 0 Å². The van der Waals surface area contributed by atoms with Gasteiger partial charge in [-0.05, 0) is 45.1 Å². The first-order chi connectivity index (χ1) is 10.5. The summed E-state index contributed by atoms with van der Waals surface area (Å²) in [6.07, 6.45) is -3.74. The summed E-state index contributed by atoms with van der Waals surface area (Å²) < 4.78 is 77.6. The molecule has 2 rings (SSSR count). The lowest BCUT2D eigenvalue weighted by atomic mass is 10.1. The van der Waals surface area contributed by atoms with E-state index in [9.17, 15) is 26.0 Å². The summed E-state index contributed by atoms with van der Waals surface area (Å²) in [5, 5.41) is 0. The van der Waals surface area contributed by atoms with Crippen LogP contribution in [0.1, 0.15) is 18.4 Å². The van der Waals surface area contributed by atoms with E-state index in [1.54, 1.807) is 0 Å². The molecular formula is C14H18F4N2O2S. The highest BCUT2D eigenvalue weighted by Crippen LogP contribution is 2.33. The standard InChI is InChI=1S/C14H18F4N2O2S/c1-19(2)10-5-7-20(8-6-10)23(21,22)11-3-4-13(15)12(9-11)14(16,17)18/h3-4,9-10H,5-8H2,1-2H3. The summed E-state index contributed by atoms with van der Waals surface area (Å²) in [4.78, 5) is 1.46. The second-order valence-electron chi connectivity index (χ2n) is 5.74. The average Bonchev–Trinajstić information content (AvgIpc) is 2.46. The lowest BCUT2D eigenvalue weighted by Crippen LogP contribution is -2.44. The van der Waals surface area contributed by atoms with E-state index >= 15 is 0 Å². The highest BCUT2D eigenvalue weighted by molar-refractivity contribution is 7.89. The second-order valence-corrected chi connectivity index (χ2v) is 7.68. The quantitative estimate of drug-likeness (QED) is 0.784. The normalized spacial score (nSPS) is 18.6. The van der Waals surface area contributed by atoms with Crippen LogP contribution in [0.3, 0.4) is 0 Å². The molecule has 0 aliphatic carbocycles. The first kappa shape index (κ1) is 18.2. The molecule has 1 saturated heterocycles. The Kier molecular flexibility index (Phi) is 5.03. The van der Waals surface area contributed by atoms with Gasteiger partial charge in [0.2, 0.25) is 10.0 Å². The third-order valence-corrected chi connectivity index (χ3v) is 5.93. The van der Waals surface area contributed by atoms with Crippen LogP contribution in [0.4, 0.5) is 17.6 Å². The van der Waals surface area contributed by atoms with Gasteiger partial charge in [0.25, 0.3) is 0 Å². The molecule has 0 bridgehead atoms. The van der Waals surface area contributed by atoms with Crippen molar-refractivity contribution in [3.8, 4) is 0 Å². The minimum Gasteiger partial charge on any atom is -0.306 e. The molecule has 9 heteroatoms. The van der Waals surface area contributed by atoms with Gasteiger partial charge in [0.05, 0.1) is 10.5 Å². The van der Waals surface area contributed by atoms with Crippen LogP contribution >= 0.6 is 0 Å². The maximum absolute atomic E-state index is 13.3. The van der Waals surface area contributed by atoms with Crippen LogP contribution in [0.25, 0.3) is 0 Å². The maximum Gasteiger partial charge on any atom is 0.419 e. The van der Waals surface area contributed by atoms with E-state index in [1.165, 1.54) is 0 Å². The van der Waals surface area contributed by atoms with Crippen molar-refractivity contribution < 1.29 is 26.0 Å². The number of hydrogen-bond donors (Lipinski definition) is 0. The van der Waals surface area contributed by atoms with Crippen molar-refractivity contribution in [2.45, 2.75) is 30.0 Å². The molecule has 0 amide bonds. The minimum atomic E-state index is -4.94. The zero-order chi connectivity index (χ0) is 17.4. The molecule has 4 nitrogen and oxygen atoms in total. The smallest absolute Gasteiger partial charge is 0.306 e. The van der Waals surface area contributed by atoms with E-state index in [2.05, 4.69) is 0 Å². The number of piperidine rings is 1. The number of rotatable bonds is 3. The van der Waals surface area contributed by atoms with Gasteiger partial charge in [0.1, 0.15) is 5.82 Å². The van der Waals surface area contributed by atoms with Crippen LogP contribution in [-0.4, -0.2) is 50.8 Å². The molecule has 1 aliphatic heterocycles. The van der Waals surface area contributed by atoms with E-state index in [4.69, 9.17) is 0 Å². The first-order valence-electron chi connectivity index (χ1n) is 7.07. The third kappa shape index (κ3) is 3.84. The van der Waals surface area contributed by atoms with Crippen LogP contribution in [0.15, 0.2) is 23.1 Å². The van der Waals surface area contributed by atoms with Crippen molar-refractivity contribution in [3.05, 3.63) is 29.6 Å². The van der Waals surface area contributed by atoms with Gasteiger partial charge in [-0.2, -0.15) is 17.5 Å². The Morgan fingerprint density at radius 2 is 1.74 bits per heavy atom. The van der Waals surface area contributed by atoms with Crippen molar-refractivity contribution >= 4 is 10.0 Å². The number of alkyl halides is 3. The topological polar surface area (TPSA) is 40.6 Å². The molecule has 0 aromatic heterocycles. The van der Waals surface area contributed by atoms with Crippen LogP contribution in [-0.2, 0) is 16.2 Å². The van der Waals surface area contributed by atoms with Gasteiger partial charge in [-0.15, -0.1) is 0 Å². The van der Waals surface area contributed by atoms with Crippen molar-refractivity contribution in [1.29, 1.82) is 0 Å². The molecule has 130 valence electrons. The van der Waals surface area contributed by atoms with E-state index < -0.39 is 32.5 Å². The van der Waals surface area contributed by atoms with Crippen LogP contribution in [0.5, 0.6) is 0 Å². The summed E-state index contributed by atoms with van der Waals surface area (Å²) in [6.45, 7) is 0.452. The van der Waals surface area contributed by atoms with Gasteiger partial charge >= 0.3 is 6.18 Å². The molecule has 23 heavy (non-hydrogen) atoms. The van der Waals surface area contributed by atoms with Gasteiger partial charge in [-0.1, -0.05) is 0 Å². The van der Waals surface area contributed by atoms with Gasteiger partial charge in [-0.3, -0.25) is 0 Å². The molecule has 1 fully saturated rings. The van der Waals surface area contributed by atoms with Gasteiger partial charge in [0, 0.05) is 19.1 Å². The molecule has 0 spiro atoms. The summed E-state index contributed by atoms with van der Waals surface area (Å²) in [6, 6.07) is 2.02. The number of sulfonamides is 1. The molecule has 0 unspecified atom stereocenters. The largest absolute Gasteiger partial charge is 0.419 e. The van der Waals surface area contributed by atoms with Crippen LogP contribution in [0, 0.1) is 5.82 Å². The Balaban J connectivity index is 2.28. The number of benzene rings is 1. The average molecular weight is 354 g/mol. The zero-order valence-electron chi connectivity index (χ0n) is 12.8. The third-order valence-electron chi connectivity index (χ3n) is 4.03. The fourth-order valence-corrected chi connectivity index (χ4v) is 4.13. The van der Waals surface area contributed by atoms with Crippen molar-refractivity contribution in [2.24, 2.45) is 0 Å².